The van der Waals surface area contributed by atoms with Gasteiger partial charge in [-0.05, 0) is 56.3 Å². The van der Waals surface area contributed by atoms with Crippen LogP contribution < -0.4 is 15.5 Å². The van der Waals surface area contributed by atoms with Gasteiger partial charge >= 0.3 is 0 Å². The molecule has 0 unspecified atom stereocenters. The van der Waals surface area contributed by atoms with Gasteiger partial charge in [0.2, 0.25) is 5.95 Å². The summed E-state index contributed by atoms with van der Waals surface area (Å²) in [6, 6.07) is 8.45. The summed E-state index contributed by atoms with van der Waals surface area (Å²) in [6.07, 6.45) is 6.83. The molecule has 0 aliphatic carbocycles. The molecule has 1 aromatic carbocycles. The van der Waals surface area contributed by atoms with Crippen LogP contribution in [0.15, 0.2) is 46.5 Å². The Morgan fingerprint density at radius 2 is 1.90 bits per heavy atom. The van der Waals surface area contributed by atoms with Crippen molar-refractivity contribution in [2.24, 2.45) is 4.99 Å². The van der Waals surface area contributed by atoms with Gasteiger partial charge in [-0.2, -0.15) is 0 Å². The highest BCUT2D eigenvalue weighted by atomic mass is 32.2. The van der Waals surface area contributed by atoms with Gasteiger partial charge in [0, 0.05) is 56.6 Å². The first kappa shape index (κ1) is 23.3. The smallest absolute Gasteiger partial charge is 0.225 e. The maximum absolute atomic E-state index is 4.80. The first-order chi connectivity index (χ1) is 15.2. The molecular formula is C23H35N7S. The third kappa shape index (κ3) is 7.40. The van der Waals surface area contributed by atoms with Gasteiger partial charge in [-0.25, -0.2) is 15.0 Å². The Bertz CT molecular complexity index is 820. The van der Waals surface area contributed by atoms with Crippen molar-refractivity contribution in [3.8, 4) is 0 Å². The molecule has 1 aliphatic heterocycles. The lowest BCUT2D eigenvalue weighted by molar-refractivity contribution is 0.254. The summed E-state index contributed by atoms with van der Waals surface area (Å²) in [6.45, 7) is 11.9. The lowest BCUT2D eigenvalue weighted by atomic mass is 10.1. The van der Waals surface area contributed by atoms with Crippen molar-refractivity contribution in [3.63, 3.8) is 0 Å². The number of aryl methyl sites for hydroxylation is 1. The molecule has 2 N–H and O–H groups in total. The average molecular weight is 442 g/mol. The summed E-state index contributed by atoms with van der Waals surface area (Å²) in [4.78, 5) is 19.6. The van der Waals surface area contributed by atoms with Crippen LogP contribution in [-0.2, 0) is 6.54 Å². The number of nitrogens with one attached hydrogen (secondary N) is 2. The van der Waals surface area contributed by atoms with E-state index in [9.17, 15) is 0 Å². The van der Waals surface area contributed by atoms with Crippen LogP contribution in [0.3, 0.4) is 0 Å². The number of aromatic nitrogens is 2. The molecule has 8 heteroatoms. The Balaban J connectivity index is 1.40. The fourth-order valence-corrected chi connectivity index (χ4v) is 4.32. The lowest BCUT2D eigenvalue weighted by Crippen LogP contribution is -2.47. The third-order valence-electron chi connectivity index (χ3n) is 5.35. The monoisotopic (exact) mass is 441 g/mol. The fourth-order valence-electron chi connectivity index (χ4n) is 3.62. The van der Waals surface area contributed by atoms with E-state index in [1.807, 2.05) is 18.5 Å². The zero-order valence-corrected chi connectivity index (χ0v) is 19.8. The van der Waals surface area contributed by atoms with Crippen LogP contribution in [0.4, 0.5) is 5.95 Å². The van der Waals surface area contributed by atoms with Crippen molar-refractivity contribution in [2.45, 2.75) is 31.7 Å². The molecule has 3 rings (SSSR count). The summed E-state index contributed by atoms with van der Waals surface area (Å²) < 4.78 is 0. The van der Waals surface area contributed by atoms with Gasteiger partial charge in [-0.1, -0.05) is 12.1 Å². The van der Waals surface area contributed by atoms with Crippen LogP contribution in [0.5, 0.6) is 0 Å². The predicted molar refractivity (Wildman–Crippen MR) is 131 cm³/mol. The third-order valence-corrected chi connectivity index (χ3v) is 6.17. The minimum absolute atomic E-state index is 0.690. The Hall–Kier alpha value is -2.32. The molecule has 0 saturated carbocycles. The number of piperazine rings is 1. The van der Waals surface area contributed by atoms with E-state index in [-0.39, 0.29) is 0 Å². The summed E-state index contributed by atoms with van der Waals surface area (Å²) in [5.74, 6) is 1.73. The van der Waals surface area contributed by atoms with Gasteiger partial charge in [-0.15, -0.1) is 11.8 Å². The van der Waals surface area contributed by atoms with Crippen LogP contribution in [0.1, 0.15) is 24.5 Å². The number of nitrogens with zero attached hydrogens (tertiary/aromatic N) is 5. The molecule has 7 nitrogen and oxygen atoms in total. The number of thioether (sulfide) groups is 1. The van der Waals surface area contributed by atoms with E-state index in [0.717, 1.165) is 64.1 Å². The molecule has 168 valence electrons. The topological polar surface area (TPSA) is 68.7 Å². The number of hydrogen-bond acceptors (Lipinski definition) is 6. The molecule has 0 atom stereocenters. The molecule has 0 spiro atoms. The van der Waals surface area contributed by atoms with E-state index in [1.165, 1.54) is 16.0 Å². The van der Waals surface area contributed by atoms with Crippen LogP contribution >= 0.6 is 11.8 Å². The first-order valence-corrected chi connectivity index (χ1v) is 12.3. The number of guanidine groups is 1. The molecule has 1 aliphatic rings. The largest absolute Gasteiger partial charge is 0.357 e. The Kier molecular flexibility index (Phi) is 9.42. The lowest BCUT2D eigenvalue weighted by Gasteiger charge is -2.34. The number of aliphatic imine (C=N–C) groups is 1. The molecule has 1 fully saturated rings. The zero-order valence-electron chi connectivity index (χ0n) is 19.0. The van der Waals surface area contributed by atoms with Crippen LogP contribution in [0, 0.1) is 6.92 Å². The SMILES string of the molecule is CCNC(=NCc1ccc(C)cc1SC)NCCCN1CCN(c2ncccn2)CC1. The van der Waals surface area contributed by atoms with Crippen molar-refractivity contribution in [2.75, 3.05) is 57.0 Å². The molecule has 0 amide bonds. The average Bonchev–Trinajstić information content (AvgIpc) is 2.81. The van der Waals surface area contributed by atoms with Crippen LogP contribution in [-0.4, -0.2) is 72.9 Å². The van der Waals surface area contributed by atoms with Crippen molar-refractivity contribution in [3.05, 3.63) is 47.8 Å². The second-order valence-electron chi connectivity index (χ2n) is 7.67. The van der Waals surface area contributed by atoms with E-state index in [0.29, 0.717) is 6.54 Å². The molecule has 2 heterocycles. The summed E-state index contributed by atoms with van der Waals surface area (Å²) in [5.41, 5.74) is 2.56. The van der Waals surface area contributed by atoms with Gasteiger partial charge in [0.05, 0.1) is 6.54 Å². The predicted octanol–water partition coefficient (Wildman–Crippen LogP) is 2.77. The normalized spacial score (nSPS) is 15.2. The van der Waals surface area contributed by atoms with Crippen LogP contribution in [0.25, 0.3) is 0 Å². The summed E-state index contributed by atoms with van der Waals surface area (Å²) >= 11 is 1.78. The maximum Gasteiger partial charge on any atom is 0.225 e. The first-order valence-electron chi connectivity index (χ1n) is 11.1. The molecule has 1 aromatic heterocycles. The molecule has 31 heavy (non-hydrogen) atoms. The van der Waals surface area contributed by atoms with Gasteiger partial charge in [0.25, 0.3) is 0 Å². The number of hydrogen-bond donors (Lipinski definition) is 2. The van der Waals surface area contributed by atoms with Gasteiger partial charge in [0.1, 0.15) is 0 Å². The molecule has 1 saturated heterocycles. The van der Waals surface area contributed by atoms with E-state index in [1.54, 1.807) is 11.8 Å². The zero-order chi connectivity index (χ0) is 21.9. The van der Waals surface area contributed by atoms with Crippen molar-refractivity contribution in [1.29, 1.82) is 0 Å². The fraction of sp³-hybridized carbons (Fsp3) is 0.522. The quantitative estimate of drug-likeness (QED) is 0.268. The standard InChI is InChI=1S/C23H35N7S/c1-4-24-22(28-18-20-8-7-19(2)17-21(20)31-3)25-11-6-12-29-13-15-30(16-14-29)23-26-9-5-10-27-23/h5,7-10,17H,4,6,11-16,18H2,1-3H3,(H2,24,25,28). The summed E-state index contributed by atoms with van der Waals surface area (Å²) in [5, 5.41) is 6.85. The minimum Gasteiger partial charge on any atom is -0.357 e. The highest BCUT2D eigenvalue weighted by Gasteiger charge is 2.18. The minimum atomic E-state index is 0.690. The van der Waals surface area contributed by atoms with E-state index < -0.39 is 0 Å². The number of rotatable bonds is 9. The Labute approximate surface area is 190 Å². The highest BCUT2D eigenvalue weighted by Crippen LogP contribution is 2.22. The van der Waals surface area contributed by atoms with Crippen molar-refractivity contribution in [1.82, 2.24) is 25.5 Å². The number of benzene rings is 1. The van der Waals surface area contributed by atoms with Gasteiger partial charge in [-0.3, -0.25) is 4.90 Å². The second-order valence-corrected chi connectivity index (χ2v) is 8.52. The van der Waals surface area contributed by atoms with Crippen molar-refractivity contribution >= 4 is 23.7 Å². The molecule has 0 bridgehead atoms. The van der Waals surface area contributed by atoms with E-state index in [2.05, 4.69) is 68.7 Å². The molecule has 0 radical (unpaired) electrons. The summed E-state index contributed by atoms with van der Waals surface area (Å²) in [7, 11) is 0. The van der Waals surface area contributed by atoms with E-state index >= 15 is 0 Å². The highest BCUT2D eigenvalue weighted by molar-refractivity contribution is 7.98. The van der Waals surface area contributed by atoms with Crippen molar-refractivity contribution < 1.29 is 0 Å². The van der Waals surface area contributed by atoms with Gasteiger partial charge in [0.15, 0.2) is 5.96 Å². The maximum atomic E-state index is 4.80. The second kappa shape index (κ2) is 12.5. The van der Waals surface area contributed by atoms with E-state index in [4.69, 9.17) is 4.99 Å². The van der Waals surface area contributed by atoms with Gasteiger partial charge < -0.3 is 15.5 Å². The Morgan fingerprint density at radius 1 is 1.13 bits per heavy atom. The van der Waals surface area contributed by atoms with Crippen LogP contribution in [0.2, 0.25) is 0 Å². The molecule has 2 aromatic rings. The molecular weight excluding hydrogens is 406 g/mol. The number of anilines is 1. The Morgan fingerprint density at radius 3 is 2.61 bits per heavy atom.